The van der Waals surface area contributed by atoms with Crippen LogP contribution in [0.3, 0.4) is 0 Å². The first-order valence-electron chi connectivity index (χ1n) is 11.3. The number of hydrogen-bond acceptors (Lipinski definition) is 4. The minimum atomic E-state index is -0.934. The van der Waals surface area contributed by atoms with E-state index in [0.29, 0.717) is 28.4 Å². The number of para-hydroxylation sites is 1. The molecule has 1 saturated carbocycles. The van der Waals surface area contributed by atoms with E-state index < -0.39 is 17.7 Å². The zero-order valence-electron chi connectivity index (χ0n) is 18.7. The second-order valence-corrected chi connectivity index (χ2v) is 8.63. The minimum Gasteiger partial charge on any atom is -0.489 e. The van der Waals surface area contributed by atoms with E-state index in [4.69, 9.17) is 15.6 Å². The third-order valence-electron chi connectivity index (χ3n) is 5.75. The van der Waals surface area contributed by atoms with Crippen LogP contribution in [0.5, 0.6) is 5.75 Å². The number of hydrogen-bond donors (Lipinski definition) is 3. The van der Waals surface area contributed by atoms with Crippen LogP contribution in [0.4, 0.5) is 10.1 Å². The SMILES string of the molecule is NC(=O)Cc1cccc(-c2cc(COc3ccccc3CC(=O)O)cc(NCC3CC3)c2)c1F. The molecule has 0 unspecified atom stereocenters. The van der Waals surface area contributed by atoms with Crippen molar-refractivity contribution in [1.29, 1.82) is 0 Å². The first-order valence-corrected chi connectivity index (χ1v) is 11.3. The van der Waals surface area contributed by atoms with Gasteiger partial charge in [0.25, 0.3) is 0 Å². The van der Waals surface area contributed by atoms with Crippen LogP contribution in [0.1, 0.15) is 29.5 Å². The molecule has 0 atom stereocenters. The molecule has 0 saturated heterocycles. The van der Waals surface area contributed by atoms with E-state index in [1.54, 1.807) is 42.5 Å². The lowest BCUT2D eigenvalue weighted by atomic mass is 9.98. The number of aliphatic carboxylic acids is 1. The fourth-order valence-electron chi connectivity index (χ4n) is 3.86. The molecule has 176 valence electrons. The van der Waals surface area contributed by atoms with E-state index in [1.165, 1.54) is 12.8 Å². The predicted octanol–water partition coefficient (Wildman–Crippen LogP) is 4.55. The van der Waals surface area contributed by atoms with Crippen LogP contribution in [-0.2, 0) is 29.0 Å². The Morgan fingerprint density at radius 1 is 1.03 bits per heavy atom. The maximum absolute atomic E-state index is 15.2. The molecule has 4 rings (SSSR count). The molecule has 1 aliphatic carbocycles. The zero-order valence-corrected chi connectivity index (χ0v) is 18.7. The van der Waals surface area contributed by atoms with Gasteiger partial charge in [0.2, 0.25) is 5.91 Å². The van der Waals surface area contributed by atoms with E-state index in [9.17, 15) is 9.59 Å². The van der Waals surface area contributed by atoms with Crippen LogP contribution < -0.4 is 15.8 Å². The molecule has 3 aromatic rings. The highest BCUT2D eigenvalue weighted by Crippen LogP contribution is 2.32. The van der Waals surface area contributed by atoms with Gasteiger partial charge in [-0.3, -0.25) is 9.59 Å². The molecule has 0 radical (unpaired) electrons. The molecule has 1 fully saturated rings. The summed E-state index contributed by atoms with van der Waals surface area (Å²) in [5.41, 5.74) is 8.80. The Balaban J connectivity index is 1.63. The van der Waals surface area contributed by atoms with Gasteiger partial charge in [-0.05, 0) is 59.7 Å². The summed E-state index contributed by atoms with van der Waals surface area (Å²) in [6.45, 7) is 1.03. The van der Waals surface area contributed by atoms with E-state index in [1.807, 2.05) is 18.2 Å². The number of primary amides is 1. The maximum Gasteiger partial charge on any atom is 0.307 e. The highest BCUT2D eigenvalue weighted by molar-refractivity contribution is 5.78. The Morgan fingerprint density at radius 2 is 1.79 bits per heavy atom. The van der Waals surface area contributed by atoms with Gasteiger partial charge in [-0.15, -0.1) is 0 Å². The summed E-state index contributed by atoms with van der Waals surface area (Å²) in [4.78, 5) is 22.5. The third-order valence-corrected chi connectivity index (χ3v) is 5.75. The molecule has 1 aliphatic rings. The lowest BCUT2D eigenvalue weighted by Crippen LogP contribution is -2.14. The number of benzene rings is 3. The number of carbonyl (C=O) groups excluding carboxylic acids is 1. The van der Waals surface area contributed by atoms with Gasteiger partial charge in [-0.2, -0.15) is 0 Å². The number of amides is 1. The first-order chi connectivity index (χ1) is 16.4. The van der Waals surface area contributed by atoms with Gasteiger partial charge in [0.05, 0.1) is 12.8 Å². The highest BCUT2D eigenvalue weighted by atomic mass is 19.1. The minimum absolute atomic E-state index is 0.137. The Bertz CT molecular complexity index is 1210. The van der Waals surface area contributed by atoms with Crippen LogP contribution in [0.25, 0.3) is 11.1 Å². The molecular weight excluding hydrogens is 435 g/mol. The van der Waals surface area contributed by atoms with Gasteiger partial charge in [-0.1, -0.05) is 36.4 Å². The number of carboxylic acid groups (broad SMARTS) is 1. The van der Waals surface area contributed by atoms with Crippen LogP contribution >= 0.6 is 0 Å². The number of nitrogens with two attached hydrogens (primary N) is 1. The number of carbonyl (C=O) groups is 2. The topological polar surface area (TPSA) is 102 Å². The molecule has 0 aliphatic heterocycles. The summed E-state index contributed by atoms with van der Waals surface area (Å²) < 4.78 is 21.2. The Hall–Kier alpha value is -3.87. The number of ether oxygens (including phenoxy) is 1. The van der Waals surface area contributed by atoms with Crippen molar-refractivity contribution in [2.75, 3.05) is 11.9 Å². The van der Waals surface area contributed by atoms with E-state index in [2.05, 4.69) is 5.32 Å². The number of carboxylic acids is 1. The van der Waals surface area contributed by atoms with Crippen molar-refractivity contribution < 1.29 is 23.8 Å². The summed E-state index contributed by atoms with van der Waals surface area (Å²) in [5, 5.41) is 12.6. The van der Waals surface area contributed by atoms with Crippen molar-refractivity contribution >= 4 is 17.6 Å². The molecule has 0 spiro atoms. The van der Waals surface area contributed by atoms with Gasteiger partial charge in [0, 0.05) is 23.4 Å². The molecule has 0 heterocycles. The van der Waals surface area contributed by atoms with E-state index >= 15 is 4.39 Å². The largest absolute Gasteiger partial charge is 0.489 e. The molecular formula is C27H27FN2O4. The number of rotatable bonds is 11. The lowest BCUT2D eigenvalue weighted by Gasteiger charge is -2.15. The van der Waals surface area contributed by atoms with Crippen molar-refractivity contribution in [3.05, 3.63) is 83.2 Å². The fraction of sp³-hybridized carbons (Fsp3) is 0.259. The average Bonchev–Trinajstić information content (AvgIpc) is 3.62. The van der Waals surface area contributed by atoms with Crippen LogP contribution in [-0.4, -0.2) is 23.5 Å². The summed E-state index contributed by atoms with van der Waals surface area (Å²) in [6, 6.07) is 17.6. The molecule has 7 heteroatoms. The highest BCUT2D eigenvalue weighted by Gasteiger charge is 2.21. The lowest BCUT2D eigenvalue weighted by molar-refractivity contribution is -0.136. The van der Waals surface area contributed by atoms with E-state index in [0.717, 1.165) is 17.8 Å². The molecule has 4 N–H and O–H groups in total. The molecule has 34 heavy (non-hydrogen) atoms. The van der Waals surface area contributed by atoms with Gasteiger partial charge >= 0.3 is 5.97 Å². The third kappa shape index (κ3) is 6.13. The Kier molecular flexibility index (Phi) is 7.11. The second-order valence-electron chi connectivity index (χ2n) is 8.63. The summed E-state index contributed by atoms with van der Waals surface area (Å²) in [6.07, 6.45) is 2.09. The normalized spacial score (nSPS) is 12.9. The summed E-state index contributed by atoms with van der Waals surface area (Å²) in [5.74, 6) is -0.848. The number of anilines is 1. The number of nitrogens with one attached hydrogen (secondary N) is 1. The molecule has 6 nitrogen and oxygen atoms in total. The predicted molar refractivity (Wildman–Crippen MR) is 128 cm³/mol. The second kappa shape index (κ2) is 10.4. The summed E-state index contributed by atoms with van der Waals surface area (Å²) >= 11 is 0. The van der Waals surface area contributed by atoms with Gasteiger partial charge < -0.3 is 20.9 Å². The molecule has 1 amide bonds. The molecule has 0 aromatic heterocycles. The standard InChI is InChI=1S/C27H27FN2O4/c28-27-20(13-25(29)31)5-3-6-23(27)21-10-18(11-22(12-21)30-15-17-8-9-17)16-34-24-7-2-1-4-19(24)14-26(32)33/h1-7,10-12,17,30H,8-9,13-16H2,(H2,29,31)(H,32,33). The van der Waals surface area contributed by atoms with Crippen molar-refractivity contribution in [2.45, 2.75) is 32.3 Å². The van der Waals surface area contributed by atoms with Crippen LogP contribution in [0.2, 0.25) is 0 Å². The van der Waals surface area contributed by atoms with Gasteiger partial charge in [0.1, 0.15) is 18.2 Å². The smallest absolute Gasteiger partial charge is 0.307 e. The molecule has 0 bridgehead atoms. The zero-order chi connectivity index (χ0) is 24.1. The Morgan fingerprint density at radius 3 is 2.53 bits per heavy atom. The number of halogens is 1. The summed E-state index contributed by atoms with van der Waals surface area (Å²) in [7, 11) is 0. The van der Waals surface area contributed by atoms with Crippen LogP contribution in [0, 0.1) is 11.7 Å². The first kappa shape index (κ1) is 23.3. The van der Waals surface area contributed by atoms with Gasteiger partial charge in [-0.25, -0.2) is 4.39 Å². The van der Waals surface area contributed by atoms with E-state index in [-0.39, 0.29) is 25.0 Å². The maximum atomic E-state index is 15.2. The van der Waals surface area contributed by atoms with Crippen LogP contribution in [0.15, 0.2) is 60.7 Å². The quantitative estimate of drug-likeness (QED) is 0.388. The van der Waals surface area contributed by atoms with Crippen molar-refractivity contribution in [3.63, 3.8) is 0 Å². The molecule has 3 aromatic carbocycles. The Labute approximate surface area is 197 Å². The van der Waals surface area contributed by atoms with Crippen molar-refractivity contribution in [1.82, 2.24) is 0 Å². The average molecular weight is 463 g/mol. The van der Waals surface area contributed by atoms with Crippen molar-refractivity contribution in [3.8, 4) is 16.9 Å². The monoisotopic (exact) mass is 462 g/mol. The van der Waals surface area contributed by atoms with Crippen molar-refractivity contribution in [2.24, 2.45) is 11.7 Å². The van der Waals surface area contributed by atoms with Gasteiger partial charge in [0.15, 0.2) is 0 Å². The fourth-order valence-corrected chi connectivity index (χ4v) is 3.86.